The molecule has 0 aromatic carbocycles. The molecule has 1 saturated carbocycles. The van der Waals surface area contributed by atoms with E-state index in [9.17, 15) is 14.7 Å². The first kappa shape index (κ1) is 21.6. The molecule has 1 aromatic heterocycles. The highest BCUT2D eigenvalue weighted by molar-refractivity contribution is 5.90. The van der Waals surface area contributed by atoms with Crippen LogP contribution in [0.1, 0.15) is 57.9 Å². The molecule has 2 aliphatic rings. The Balaban J connectivity index is 1.87. The number of carboxylic acid groups (broad SMARTS) is 1. The lowest BCUT2D eigenvalue weighted by atomic mass is 9.46. The third-order valence-corrected chi connectivity index (χ3v) is 7.59. The Morgan fingerprint density at radius 1 is 1.34 bits per heavy atom. The van der Waals surface area contributed by atoms with Gasteiger partial charge in [-0.25, -0.2) is 0 Å². The molecule has 1 aromatic rings. The number of carbonyl (C=O) groups excluding carboxylic acids is 1. The van der Waals surface area contributed by atoms with E-state index in [1.165, 1.54) is 5.56 Å². The number of allylic oxidation sites excluding steroid dienone is 1. The fourth-order valence-electron chi connectivity index (χ4n) is 5.71. The Morgan fingerprint density at radius 2 is 2.14 bits per heavy atom. The molecule has 0 saturated heterocycles. The molecule has 3 rings (SSSR count). The first-order valence-corrected chi connectivity index (χ1v) is 10.5. The number of furan rings is 1. The fraction of sp³-hybridized carbons (Fsp3) is 0.652. The van der Waals surface area contributed by atoms with E-state index < -0.39 is 23.8 Å². The normalized spacial score (nSPS) is 31.6. The first-order chi connectivity index (χ1) is 13.8. The highest BCUT2D eigenvalue weighted by atomic mass is 16.5. The Bertz CT molecular complexity index is 751. The Hall–Kier alpha value is -2.08. The second kappa shape index (κ2) is 8.74. The molecule has 6 heteroatoms. The Labute approximate surface area is 171 Å². The van der Waals surface area contributed by atoms with Crippen LogP contribution >= 0.6 is 0 Å². The molecule has 4 atom stereocenters. The van der Waals surface area contributed by atoms with Crippen molar-refractivity contribution in [3.63, 3.8) is 0 Å². The van der Waals surface area contributed by atoms with E-state index in [0.29, 0.717) is 5.92 Å². The predicted octanol–water partition coefficient (Wildman–Crippen LogP) is 3.98. The standard InChI is InChI=1S/C23H32O6/c1-16-6-10-23(15-29-21(27)12-20(25)26)18(13-24)4-3-5-19(23)22(16,2)9-7-17-8-11-28-14-17/h4,8,11,14,16,19,24H,3,5-7,9-10,12-13,15H2,1-2H3,(H,25,26). The molecule has 2 aliphatic carbocycles. The van der Waals surface area contributed by atoms with E-state index in [4.69, 9.17) is 14.3 Å². The SMILES string of the molecule is CC1CCC2(COC(=O)CC(=O)O)C(CO)=CCCC2C1(C)CCc1ccoc1. The van der Waals surface area contributed by atoms with Gasteiger partial charge in [-0.05, 0) is 73.0 Å². The van der Waals surface area contributed by atoms with Gasteiger partial charge in [0.05, 0.1) is 19.1 Å². The summed E-state index contributed by atoms with van der Waals surface area (Å²) in [4.78, 5) is 22.8. The van der Waals surface area contributed by atoms with Gasteiger partial charge < -0.3 is 19.4 Å². The van der Waals surface area contributed by atoms with Crippen LogP contribution < -0.4 is 0 Å². The summed E-state index contributed by atoms with van der Waals surface area (Å²) in [5.41, 5.74) is 1.72. The van der Waals surface area contributed by atoms with Crippen LogP contribution in [-0.4, -0.2) is 35.4 Å². The lowest BCUT2D eigenvalue weighted by Gasteiger charge is -2.59. The van der Waals surface area contributed by atoms with Crippen LogP contribution in [0, 0.1) is 22.7 Å². The van der Waals surface area contributed by atoms with Gasteiger partial charge in [-0.1, -0.05) is 19.9 Å². The van der Waals surface area contributed by atoms with Crippen molar-refractivity contribution in [1.29, 1.82) is 0 Å². The average molecular weight is 405 g/mol. The van der Waals surface area contributed by atoms with E-state index in [1.54, 1.807) is 12.5 Å². The van der Waals surface area contributed by atoms with Crippen LogP contribution in [0.25, 0.3) is 0 Å². The molecule has 160 valence electrons. The van der Waals surface area contributed by atoms with E-state index in [-0.39, 0.29) is 24.5 Å². The summed E-state index contributed by atoms with van der Waals surface area (Å²) in [6.45, 7) is 4.71. The lowest BCUT2D eigenvalue weighted by Crippen LogP contribution is -2.54. The van der Waals surface area contributed by atoms with E-state index >= 15 is 0 Å². The maximum absolute atomic E-state index is 12.0. The van der Waals surface area contributed by atoms with E-state index in [0.717, 1.165) is 44.1 Å². The number of hydrogen-bond donors (Lipinski definition) is 2. The minimum Gasteiger partial charge on any atom is -0.481 e. The quantitative estimate of drug-likeness (QED) is 0.386. The second-order valence-corrected chi connectivity index (χ2v) is 8.98. The molecule has 29 heavy (non-hydrogen) atoms. The number of rotatable bonds is 8. The number of esters is 1. The van der Waals surface area contributed by atoms with E-state index in [1.807, 2.05) is 6.07 Å². The topological polar surface area (TPSA) is 97.0 Å². The summed E-state index contributed by atoms with van der Waals surface area (Å²) < 4.78 is 10.7. The number of aliphatic carboxylic acids is 1. The summed E-state index contributed by atoms with van der Waals surface area (Å²) in [6, 6.07) is 2.00. The zero-order valence-corrected chi connectivity index (χ0v) is 17.4. The number of aliphatic hydroxyl groups excluding tert-OH is 1. The zero-order valence-electron chi connectivity index (χ0n) is 17.4. The largest absolute Gasteiger partial charge is 0.481 e. The van der Waals surface area contributed by atoms with Crippen molar-refractivity contribution in [3.05, 3.63) is 35.8 Å². The number of ether oxygens (including phenoxy) is 1. The Morgan fingerprint density at radius 3 is 2.79 bits per heavy atom. The number of carboxylic acids is 1. The molecule has 0 aliphatic heterocycles. The van der Waals surface area contributed by atoms with Gasteiger partial charge >= 0.3 is 11.9 Å². The third-order valence-electron chi connectivity index (χ3n) is 7.59. The minimum absolute atomic E-state index is 0.0173. The highest BCUT2D eigenvalue weighted by Crippen LogP contribution is 2.62. The molecule has 1 fully saturated rings. The van der Waals surface area contributed by atoms with Crippen LogP contribution in [0.3, 0.4) is 0 Å². The van der Waals surface area contributed by atoms with Crippen molar-refractivity contribution in [2.75, 3.05) is 13.2 Å². The summed E-state index contributed by atoms with van der Waals surface area (Å²) in [6.07, 6.45) is 10.5. The van der Waals surface area contributed by atoms with Crippen LogP contribution in [-0.2, 0) is 20.7 Å². The number of carbonyl (C=O) groups is 2. The summed E-state index contributed by atoms with van der Waals surface area (Å²) in [5.74, 6) is -1.14. The molecule has 0 amide bonds. The van der Waals surface area contributed by atoms with Crippen molar-refractivity contribution >= 4 is 11.9 Å². The maximum atomic E-state index is 12.0. The van der Waals surface area contributed by atoms with Gasteiger partial charge in [0.15, 0.2) is 0 Å². The molecule has 0 radical (unpaired) electrons. The van der Waals surface area contributed by atoms with Crippen molar-refractivity contribution < 1.29 is 29.0 Å². The van der Waals surface area contributed by atoms with Crippen molar-refractivity contribution in [1.82, 2.24) is 0 Å². The zero-order chi connectivity index (χ0) is 21.1. The summed E-state index contributed by atoms with van der Waals surface area (Å²) in [5, 5.41) is 19.0. The van der Waals surface area contributed by atoms with Gasteiger partial charge in [0.2, 0.25) is 0 Å². The minimum atomic E-state index is -1.19. The average Bonchev–Trinajstić information content (AvgIpc) is 3.21. The Kier molecular flexibility index (Phi) is 6.52. The molecule has 4 unspecified atom stereocenters. The number of hydrogen-bond acceptors (Lipinski definition) is 5. The molecule has 0 bridgehead atoms. The lowest BCUT2D eigenvalue weighted by molar-refractivity contribution is -0.159. The van der Waals surface area contributed by atoms with Gasteiger partial charge in [0, 0.05) is 5.41 Å². The van der Waals surface area contributed by atoms with Gasteiger partial charge in [0.25, 0.3) is 0 Å². The maximum Gasteiger partial charge on any atom is 0.317 e. The molecule has 2 N–H and O–H groups in total. The second-order valence-electron chi connectivity index (χ2n) is 8.98. The van der Waals surface area contributed by atoms with E-state index in [2.05, 4.69) is 19.9 Å². The predicted molar refractivity (Wildman–Crippen MR) is 107 cm³/mol. The monoisotopic (exact) mass is 404 g/mol. The van der Waals surface area contributed by atoms with Gasteiger partial charge in [-0.15, -0.1) is 0 Å². The fourth-order valence-corrected chi connectivity index (χ4v) is 5.71. The smallest absolute Gasteiger partial charge is 0.317 e. The van der Waals surface area contributed by atoms with Crippen molar-refractivity contribution in [2.45, 2.75) is 58.8 Å². The number of aryl methyl sites for hydroxylation is 1. The van der Waals surface area contributed by atoms with Gasteiger partial charge in [-0.3, -0.25) is 9.59 Å². The van der Waals surface area contributed by atoms with Gasteiger partial charge in [-0.2, -0.15) is 0 Å². The van der Waals surface area contributed by atoms with Crippen LogP contribution in [0.4, 0.5) is 0 Å². The van der Waals surface area contributed by atoms with Crippen molar-refractivity contribution in [3.8, 4) is 0 Å². The highest BCUT2D eigenvalue weighted by Gasteiger charge is 2.56. The molecular weight excluding hydrogens is 372 g/mol. The van der Waals surface area contributed by atoms with Crippen LogP contribution in [0.15, 0.2) is 34.7 Å². The van der Waals surface area contributed by atoms with Gasteiger partial charge in [0.1, 0.15) is 13.0 Å². The number of aliphatic hydroxyl groups is 1. The molecule has 6 nitrogen and oxygen atoms in total. The van der Waals surface area contributed by atoms with Crippen LogP contribution in [0.2, 0.25) is 0 Å². The van der Waals surface area contributed by atoms with Crippen molar-refractivity contribution in [2.24, 2.45) is 22.7 Å². The first-order valence-electron chi connectivity index (χ1n) is 10.5. The summed E-state index contributed by atoms with van der Waals surface area (Å²) in [7, 11) is 0. The molecule has 1 heterocycles. The molecular formula is C23H32O6. The molecule has 0 spiro atoms. The third kappa shape index (κ3) is 4.27. The summed E-state index contributed by atoms with van der Waals surface area (Å²) >= 11 is 0. The number of fused-ring (bicyclic) bond motifs is 1. The van der Waals surface area contributed by atoms with Crippen LogP contribution in [0.5, 0.6) is 0 Å².